The molecule has 3 N–H and O–H groups in total. The summed E-state index contributed by atoms with van der Waals surface area (Å²) in [6, 6.07) is 5.69. The topological polar surface area (TPSA) is 66.0 Å². The van der Waals surface area contributed by atoms with Crippen LogP contribution in [0.4, 0.5) is 16.2 Å². The molecule has 5 nitrogen and oxygen atoms in total. The number of hydrogen-bond acceptors (Lipinski definition) is 4. The Hall–Kier alpha value is -1.79. The van der Waals surface area contributed by atoms with Gasteiger partial charge in [-0.15, -0.1) is 11.3 Å². The maximum absolute atomic E-state index is 11.2. The van der Waals surface area contributed by atoms with Gasteiger partial charge < -0.3 is 16.0 Å². The Morgan fingerprint density at radius 2 is 2.37 bits per heavy atom. The molecule has 2 aromatic rings. The van der Waals surface area contributed by atoms with Gasteiger partial charge in [-0.3, -0.25) is 0 Å². The molecule has 0 radical (unpaired) electrons. The lowest BCUT2D eigenvalue weighted by molar-refractivity contribution is 0.251. The SMILES string of the molecule is O=C1NCc2cc(NCc3cnc(Cl)s3)ccc2N1. The van der Waals surface area contributed by atoms with Crippen molar-refractivity contribution >= 4 is 40.3 Å². The molecule has 98 valence electrons. The van der Waals surface area contributed by atoms with E-state index in [4.69, 9.17) is 11.6 Å². The van der Waals surface area contributed by atoms with Crippen molar-refractivity contribution in [2.24, 2.45) is 0 Å². The molecule has 0 saturated heterocycles. The van der Waals surface area contributed by atoms with Crippen LogP contribution in [-0.2, 0) is 13.1 Å². The standard InChI is InChI=1S/C12H11ClN4OS/c13-11-15-6-9(19-11)5-14-8-1-2-10-7(3-8)4-16-12(18)17-10/h1-3,6,14H,4-5H2,(H2,16,17,18). The molecule has 0 atom stereocenters. The number of fused-ring (bicyclic) bond motifs is 1. The van der Waals surface area contributed by atoms with E-state index >= 15 is 0 Å². The molecule has 3 rings (SSSR count). The summed E-state index contributed by atoms with van der Waals surface area (Å²) >= 11 is 7.24. The fourth-order valence-electron chi connectivity index (χ4n) is 1.87. The molecule has 2 heterocycles. The van der Waals surface area contributed by atoms with E-state index in [1.807, 2.05) is 18.2 Å². The number of rotatable bonds is 3. The molecule has 0 saturated carbocycles. The summed E-state index contributed by atoms with van der Waals surface area (Å²) in [5.74, 6) is 0. The van der Waals surface area contributed by atoms with Crippen molar-refractivity contribution in [2.75, 3.05) is 10.6 Å². The summed E-state index contributed by atoms with van der Waals surface area (Å²) in [5.41, 5.74) is 2.92. The maximum Gasteiger partial charge on any atom is 0.319 e. The molecule has 19 heavy (non-hydrogen) atoms. The molecule has 7 heteroatoms. The summed E-state index contributed by atoms with van der Waals surface area (Å²) in [6.45, 7) is 1.23. The number of carbonyl (C=O) groups is 1. The van der Waals surface area contributed by atoms with Gasteiger partial charge in [0.05, 0.1) is 6.54 Å². The normalized spacial score (nSPS) is 13.4. The molecule has 1 aromatic heterocycles. The Kier molecular flexibility index (Phi) is 3.27. The van der Waals surface area contributed by atoms with Gasteiger partial charge in [-0.05, 0) is 23.8 Å². The van der Waals surface area contributed by atoms with Crippen molar-refractivity contribution in [1.29, 1.82) is 0 Å². The fraction of sp³-hybridized carbons (Fsp3) is 0.167. The third kappa shape index (κ3) is 2.80. The van der Waals surface area contributed by atoms with Crippen LogP contribution < -0.4 is 16.0 Å². The van der Waals surface area contributed by atoms with Gasteiger partial charge in [0.2, 0.25) is 0 Å². The number of nitrogens with zero attached hydrogens (tertiary/aromatic N) is 1. The van der Waals surface area contributed by atoms with Crippen LogP contribution in [0, 0.1) is 0 Å². The van der Waals surface area contributed by atoms with Gasteiger partial charge in [-0.2, -0.15) is 0 Å². The van der Waals surface area contributed by atoms with Crippen molar-refractivity contribution in [3.05, 3.63) is 39.3 Å². The molecule has 1 aromatic carbocycles. The van der Waals surface area contributed by atoms with E-state index in [0.29, 0.717) is 17.6 Å². The molecule has 0 fully saturated rings. The second kappa shape index (κ2) is 5.07. The summed E-state index contributed by atoms with van der Waals surface area (Å²) in [6.07, 6.45) is 1.76. The number of nitrogens with one attached hydrogen (secondary N) is 3. The highest BCUT2D eigenvalue weighted by molar-refractivity contribution is 7.15. The lowest BCUT2D eigenvalue weighted by Gasteiger charge is -2.19. The first-order valence-corrected chi connectivity index (χ1v) is 6.92. The smallest absolute Gasteiger partial charge is 0.319 e. The third-order valence-corrected chi connectivity index (χ3v) is 3.90. The van der Waals surface area contributed by atoms with E-state index in [9.17, 15) is 4.79 Å². The Labute approximate surface area is 119 Å². The van der Waals surface area contributed by atoms with Crippen LogP contribution in [0.5, 0.6) is 0 Å². The number of thiazole rings is 1. The number of carbonyl (C=O) groups excluding carboxylic acids is 1. The van der Waals surface area contributed by atoms with E-state index in [-0.39, 0.29) is 6.03 Å². The Bertz CT molecular complexity index is 628. The van der Waals surface area contributed by atoms with E-state index in [1.165, 1.54) is 11.3 Å². The minimum absolute atomic E-state index is 0.160. The quantitative estimate of drug-likeness (QED) is 0.815. The van der Waals surface area contributed by atoms with Crippen LogP contribution in [0.3, 0.4) is 0 Å². The first-order valence-electron chi connectivity index (χ1n) is 5.72. The van der Waals surface area contributed by atoms with Crippen molar-refractivity contribution in [1.82, 2.24) is 10.3 Å². The molecule has 0 aliphatic carbocycles. The molecule has 0 bridgehead atoms. The molecule has 1 aliphatic rings. The summed E-state index contributed by atoms with van der Waals surface area (Å²) in [4.78, 5) is 16.2. The number of benzene rings is 1. The molecule has 0 spiro atoms. The predicted molar refractivity (Wildman–Crippen MR) is 76.8 cm³/mol. The predicted octanol–water partition coefficient (Wildman–Crippen LogP) is 3.04. The second-order valence-electron chi connectivity index (χ2n) is 4.11. The van der Waals surface area contributed by atoms with Crippen LogP contribution in [0.1, 0.15) is 10.4 Å². The van der Waals surface area contributed by atoms with Gasteiger partial charge in [0.15, 0.2) is 4.47 Å². The molecule has 2 amide bonds. The zero-order chi connectivity index (χ0) is 13.2. The van der Waals surface area contributed by atoms with E-state index in [1.54, 1.807) is 6.20 Å². The van der Waals surface area contributed by atoms with Gasteiger partial charge in [-0.25, -0.2) is 9.78 Å². The monoisotopic (exact) mass is 294 g/mol. The molecule has 1 aliphatic heterocycles. The van der Waals surface area contributed by atoms with Crippen LogP contribution in [-0.4, -0.2) is 11.0 Å². The highest BCUT2D eigenvalue weighted by Crippen LogP contribution is 2.24. The van der Waals surface area contributed by atoms with Crippen molar-refractivity contribution in [3.8, 4) is 0 Å². The highest BCUT2D eigenvalue weighted by Gasteiger charge is 2.13. The van der Waals surface area contributed by atoms with Crippen LogP contribution in [0.15, 0.2) is 24.4 Å². The lowest BCUT2D eigenvalue weighted by atomic mass is 10.1. The molecular formula is C12H11ClN4OS. The van der Waals surface area contributed by atoms with Crippen LogP contribution in [0.2, 0.25) is 4.47 Å². The summed E-state index contributed by atoms with van der Waals surface area (Å²) in [7, 11) is 0. The number of anilines is 2. The number of aromatic nitrogens is 1. The van der Waals surface area contributed by atoms with Crippen LogP contribution in [0.25, 0.3) is 0 Å². The number of amides is 2. The third-order valence-electron chi connectivity index (χ3n) is 2.78. The van der Waals surface area contributed by atoms with E-state index < -0.39 is 0 Å². The van der Waals surface area contributed by atoms with E-state index in [2.05, 4.69) is 20.9 Å². The Balaban J connectivity index is 1.70. The zero-order valence-electron chi connectivity index (χ0n) is 9.87. The summed E-state index contributed by atoms with van der Waals surface area (Å²) in [5, 5.41) is 8.81. The number of urea groups is 1. The van der Waals surface area contributed by atoms with Gasteiger partial charge in [0.1, 0.15) is 0 Å². The van der Waals surface area contributed by atoms with Crippen molar-refractivity contribution < 1.29 is 4.79 Å². The number of halogens is 1. The van der Waals surface area contributed by atoms with Gasteiger partial charge in [0.25, 0.3) is 0 Å². The largest absolute Gasteiger partial charge is 0.380 e. The fourth-order valence-corrected chi connectivity index (χ4v) is 2.79. The van der Waals surface area contributed by atoms with E-state index in [0.717, 1.165) is 21.8 Å². The van der Waals surface area contributed by atoms with Gasteiger partial charge in [0, 0.05) is 29.0 Å². The van der Waals surface area contributed by atoms with Gasteiger partial charge in [-0.1, -0.05) is 11.6 Å². The van der Waals surface area contributed by atoms with Gasteiger partial charge >= 0.3 is 6.03 Å². The van der Waals surface area contributed by atoms with Crippen molar-refractivity contribution in [3.63, 3.8) is 0 Å². The number of hydrogen-bond donors (Lipinski definition) is 3. The maximum atomic E-state index is 11.2. The Morgan fingerprint density at radius 1 is 1.47 bits per heavy atom. The summed E-state index contributed by atoms with van der Waals surface area (Å²) < 4.78 is 0.550. The molecular weight excluding hydrogens is 284 g/mol. The average Bonchev–Trinajstić information content (AvgIpc) is 2.82. The highest BCUT2D eigenvalue weighted by atomic mass is 35.5. The minimum atomic E-state index is -0.160. The second-order valence-corrected chi connectivity index (χ2v) is 5.81. The lowest BCUT2D eigenvalue weighted by Crippen LogP contribution is -2.33. The zero-order valence-corrected chi connectivity index (χ0v) is 11.4. The van der Waals surface area contributed by atoms with Crippen molar-refractivity contribution in [2.45, 2.75) is 13.1 Å². The first-order chi connectivity index (χ1) is 9.20. The molecule has 0 unspecified atom stereocenters. The van der Waals surface area contributed by atoms with Crippen LogP contribution >= 0.6 is 22.9 Å². The average molecular weight is 295 g/mol. The minimum Gasteiger partial charge on any atom is -0.380 e. The first kappa shape index (κ1) is 12.3. The Morgan fingerprint density at radius 3 is 3.16 bits per heavy atom.